The molecule has 0 bridgehead atoms. The van der Waals surface area contributed by atoms with Crippen LogP contribution in [-0.4, -0.2) is 58.2 Å². The molecule has 3 heterocycles. The number of hydrogen-bond acceptors (Lipinski definition) is 6. The Kier molecular flexibility index (Phi) is 7.91. The van der Waals surface area contributed by atoms with Crippen LogP contribution >= 0.6 is 15.9 Å². The number of cyclic esters (lactones) is 1. The second-order valence-corrected chi connectivity index (χ2v) is 17.8. The van der Waals surface area contributed by atoms with Gasteiger partial charge in [-0.15, -0.1) is 0 Å². The largest absolute Gasteiger partial charge is 0.497 e. The van der Waals surface area contributed by atoms with Crippen molar-refractivity contribution in [1.82, 2.24) is 0 Å². The highest BCUT2D eigenvalue weighted by atomic mass is 79.9. The molecule has 6 rings (SSSR count). The van der Waals surface area contributed by atoms with Crippen LogP contribution in [-0.2, 0) is 26.4 Å². The molecule has 0 aromatic heterocycles. The van der Waals surface area contributed by atoms with Crippen molar-refractivity contribution in [2.75, 3.05) is 36.7 Å². The molecule has 3 aromatic rings. The van der Waals surface area contributed by atoms with Crippen LogP contribution in [0.1, 0.15) is 24.5 Å². The van der Waals surface area contributed by atoms with Crippen molar-refractivity contribution in [3.63, 3.8) is 0 Å². The Morgan fingerprint density at radius 2 is 1.79 bits per heavy atom. The zero-order valence-electron chi connectivity index (χ0n) is 24.9. The highest BCUT2D eigenvalue weighted by Crippen LogP contribution is 2.60. The number of hydrogen-bond donors (Lipinski definition) is 1. The number of methoxy groups -OCH3 is 1. The van der Waals surface area contributed by atoms with Gasteiger partial charge in [-0.1, -0.05) is 65.4 Å². The van der Waals surface area contributed by atoms with Gasteiger partial charge in [-0.25, -0.2) is 4.79 Å². The fraction of sp³-hybridized carbons (Fsp3) is 0.394. The minimum Gasteiger partial charge on any atom is -0.497 e. The lowest BCUT2D eigenvalue weighted by Crippen LogP contribution is -2.51. The standard InChI is InChI=1S/C33H37BrN2O6Si/c1-21-30(43(3,4)26-12-10-25(40-2)11-13-26)29(15-17-37)42-33(21)27-19-23(34)7-14-28(27)36(31(33)38)20-22-5-8-24(9-6-22)35-16-18-41-32(35)39/h5-14,19,21,29-30,37H,15-18,20H2,1-4H3/t21-,29+,30-,33+/m1/s1. The number of amides is 2. The number of aliphatic hydroxyl groups is 1. The number of anilines is 2. The van der Waals surface area contributed by atoms with Crippen molar-refractivity contribution in [3.8, 4) is 5.75 Å². The maximum absolute atomic E-state index is 14.7. The molecule has 0 aliphatic carbocycles. The summed E-state index contributed by atoms with van der Waals surface area (Å²) in [7, 11) is -0.578. The molecule has 3 aromatic carbocycles. The highest BCUT2D eigenvalue weighted by molar-refractivity contribution is 9.10. The van der Waals surface area contributed by atoms with E-state index in [1.54, 1.807) is 12.0 Å². The molecule has 0 saturated carbocycles. The smallest absolute Gasteiger partial charge is 0.414 e. The van der Waals surface area contributed by atoms with Gasteiger partial charge in [0.05, 0.1) is 40.1 Å². The van der Waals surface area contributed by atoms with Crippen molar-refractivity contribution in [1.29, 1.82) is 0 Å². The summed E-state index contributed by atoms with van der Waals surface area (Å²) in [5.74, 6) is 0.591. The number of rotatable bonds is 8. The summed E-state index contributed by atoms with van der Waals surface area (Å²) < 4.78 is 18.3. The molecule has 3 aliphatic heterocycles. The average molecular weight is 666 g/mol. The zero-order chi connectivity index (χ0) is 30.5. The predicted molar refractivity (Wildman–Crippen MR) is 172 cm³/mol. The Morgan fingerprint density at radius 3 is 2.42 bits per heavy atom. The number of benzene rings is 3. The summed E-state index contributed by atoms with van der Waals surface area (Å²) >= 11 is 3.65. The van der Waals surface area contributed by atoms with Crippen LogP contribution in [0.5, 0.6) is 5.75 Å². The monoisotopic (exact) mass is 664 g/mol. The Morgan fingerprint density at radius 1 is 1.07 bits per heavy atom. The van der Waals surface area contributed by atoms with Crippen molar-refractivity contribution in [2.24, 2.45) is 5.92 Å². The first-order valence-corrected chi connectivity index (χ1v) is 18.6. The summed E-state index contributed by atoms with van der Waals surface area (Å²) in [6.45, 7) is 8.07. The van der Waals surface area contributed by atoms with E-state index in [0.29, 0.717) is 26.1 Å². The van der Waals surface area contributed by atoms with E-state index in [4.69, 9.17) is 14.2 Å². The summed E-state index contributed by atoms with van der Waals surface area (Å²) in [5.41, 5.74) is 2.31. The van der Waals surface area contributed by atoms with Crippen molar-refractivity contribution >= 4 is 52.6 Å². The van der Waals surface area contributed by atoms with Gasteiger partial charge in [0.1, 0.15) is 12.4 Å². The summed E-state index contributed by atoms with van der Waals surface area (Å²) in [4.78, 5) is 30.2. The van der Waals surface area contributed by atoms with Crippen LogP contribution in [0, 0.1) is 5.92 Å². The molecule has 2 saturated heterocycles. The third-order valence-corrected chi connectivity index (χ3v) is 14.4. The lowest BCUT2D eigenvalue weighted by molar-refractivity contribution is -0.146. The van der Waals surface area contributed by atoms with E-state index in [1.807, 2.05) is 59.5 Å². The molecule has 3 aliphatic rings. The van der Waals surface area contributed by atoms with Crippen LogP contribution in [0.4, 0.5) is 16.2 Å². The molecule has 2 fully saturated rings. The van der Waals surface area contributed by atoms with Crippen LogP contribution < -0.4 is 19.7 Å². The minimum atomic E-state index is -2.24. The Labute approximate surface area is 261 Å². The van der Waals surface area contributed by atoms with Gasteiger partial charge >= 0.3 is 6.09 Å². The van der Waals surface area contributed by atoms with E-state index in [0.717, 1.165) is 32.7 Å². The molecule has 1 spiro atoms. The number of fused-ring (bicyclic) bond motifs is 2. The van der Waals surface area contributed by atoms with Crippen molar-refractivity contribution in [2.45, 2.75) is 50.2 Å². The van der Waals surface area contributed by atoms with Gasteiger partial charge in [-0.3, -0.25) is 9.69 Å². The number of carbonyl (C=O) groups is 2. The molecule has 2 amide bonds. The maximum atomic E-state index is 14.7. The number of aliphatic hydroxyl groups excluding tert-OH is 1. The number of ether oxygens (including phenoxy) is 3. The quantitative estimate of drug-likeness (QED) is 0.317. The van der Waals surface area contributed by atoms with Crippen molar-refractivity contribution < 1.29 is 28.9 Å². The van der Waals surface area contributed by atoms with Crippen LogP contribution in [0.2, 0.25) is 18.6 Å². The Hall–Kier alpha value is -3.18. The first kappa shape index (κ1) is 29.9. The first-order chi connectivity index (χ1) is 20.6. The molecular formula is C33H37BrN2O6Si. The van der Waals surface area contributed by atoms with Crippen LogP contribution in [0.15, 0.2) is 71.2 Å². The van der Waals surface area contributed by atoms with Gasteiger partial charge in [0, 0.05) is 28.2 Å². The third-order valence-electron chi connectivity index (χ3n) is 9.56. The molecule has 8 nitrogen and oxygen atoms in total. The van der Waals surface area contributed by atoms with Crippen molar-refractivity contribution in [3.05, 3.63) is 82.3 Å². The van der Waals surface area contributed by atoms with E-state index in [-0.39, 0.29) is 36.2 Å². The van der Waals surface area contributed by atoms with Gasteiger partial charge in [-0.2, -0.15) is 0 Å². The average Bonchev–Trinajstić information content (AvgIpc) is 3.63. The molecule has 226 valence electrons. The van der Waals surface area contributed by atoms with Crippen LogP contribution in [0.3, 0.4) is 0 Å². The van der Waals surface area contributed by atoms with Gasteiger partial charge in [0.25, 0.3) is 5.91 Å². The van der Waals surface area contributed by atoms with Crippen LogP contribution in [0.25, 0.3) is 0 Å². The molecule has 0 unspecified atom stereocenters. The normalized spacial score (nSPS) is 25.0. The molecule has 0 radical (unpaired) electrons. The first-order valence-electron chi connectivity index (χ1n) is 14.7. The topological polar surface area (TPSA) is 88.5 Å². The minimum absolute atomic E-state index is 0.0167. The van der Waals surface area contributed by atoms with E-state index >= 15 is 0 Å². The van der Waals surface area contributed by atoms with Gasteiger partial charge < -0.3 is 24.2 Å². The lowest BCUT2D eigenvalue weighted by atomic mass is 9.82. The highest BCUT2D eigenvalue weighted by Gasteiger charge is 2.66. The number of carbonyl (C=O) groups excluding carboxylic acids is 2. The summed E-state index contributed by atoms with van der Waals surface area (Å²) in [6.07, 6.45) is -0.163. The van der Waals surface area contributed by atoms with Gasteiger partial charge in [0.2, 0.25) is 0 Å². The second-order valence-electron chi connectivity index (χ2n) is 12.2. The summed E-state index contributed by atoms with van der Waals surface area (Å²) in [5, 5.41) is 11.4. The Balaban J connectivity index is 1.37. The molecule has 43 heavy (non-hydrogen) atoms. The predicted octanol–water partition coefficient (Wildman–Crippen LogP) is 5.56. The third kappa shape index (κ3) is 4.88. The fourth-order valence-electron chi connectivity index (χ4n) is 7.43. The zero-order valence-corrected chi connectivity index (χ0v) is 27.5. The van der Waals surface area contributed by atoms with E-state index in [9.17, 15) is 14.7 Å². The van der Waals surface area contributed by atoms with E-state index < -0.39 is 13.7 Å². The van der Waals surface area contributed by atoms with Gasteiger partial charge in [-0.05, 0) is 60.0 Å². The fourth-order valence-corrected chi connectivity index (χ4v) is 11.9. The van der Waals surface area contributed by atoms with E-state index in [2.05, 4.69) is 48.1 Å². The molecule has 10 heteroatoms. The molecule has 1 N–H and O–H groups in total. The van der Waals surface area contributed by atoms with E-state index in [1.165, 1.54) is 5.19 Å². The number of nitrogens with zero attached hydrogens (tertiary/aromatic N) is 2. The Bertz CT molecular complexity index is 1530. The summed E-state index contributed by atoms with van der Waals surface area (Å²) in [6, 6.07) is 21.9. The second kappa shape index (κ2) is 11.4. The number of halogens is 1. The maximum Gasteiger partial charge on any atom is 0.414 e. The SMILES string of the molecule is COc1ccc([Si](C)(C)[C@H]2[C@H](CCO)O[C@@]3(C(=O)N(Cc4ccc(N5CCOC5=O)cc4)c4ccc(Br)cc43)[C@@H]2C)cc1. The lowest BCUT2D eigenvalue weighted by Gasteiger charge is -2.37. The van der Waals surface area contributed by atoms with Gasteiger partial charge in [0.15, 0.2) is 5.60 Å². The molecule has 4 atom stereocenters. The molecular weight excluding hydrogens is 628 g/mol.